The smallest absolute Gasteiger partial charge is 0.252 e. The number of benzene rings is 1. The van der Waals surface area contributed by atoms with Gasteiger partial charge in [0.15, 0.2) is 5.82 Å². The molecule has 7 nitrogen and oxygen atoms in total. The van der Waals surface area contributed by atoms with Gasteiger partial charge >= 0.3 is 0 Å². The quantitative estimate of drug-likeness (QED) is 0.739. The highest BCUT2D eigenvalue weighted by Crippen LogP contribution is 2.22. The molecule has 0 bridgehead atoms. The number of nitrogens with zero attached hydrogens (tertiary/aromatic N) is 2. The molecule has 22 heavy (non-hydrogen) atoms. The largest absolute Gasteiger partial charge is 0.497 e. The van der Waals surface area contributed by atoms with Crippen LogP contribution in [0.25, 0.3) is 0 Å². The van der Waals surface area contributed by atoms with Crippen LogP contribution in [0.4, 0.5) is 0 Å². The summed E-state index contributed by atoms with van der Waals surface area (Å²) in [6, 6.07) is 7.55. The highest BCUT2D eigenvalue weighted by Gasteiger charge is 2.08. The normalized spacial score (nSPS) is 10.5. The maximum Gasteiger partial charge on any atom is 0.252 e. The van der Waals surface area contributed by atoms with Crippen molar-refractivity contribution in [3.8, 4) is 5.75 Å². The van der Waals surface area contributed by atoms with E-state index in [2.05, 4.69) is 15.5 Å². The maximum absolute atomic E-state index is 11.8. The Morgan fingerprint density at radius 1 is 1.41 bits per heavy atom. The molecule has 1 aromatic carbocycles. The van der Waals surface area contributed by atoms with E-state index < -0.39 is 0 Å². The van der Waals surface area contributed by atoms with Gasteiger partial charge in [0.25, 0.3) is 5.89 Å². The summed E-state index contributed by atoms with van der Waals surface area (Å²) in [7, 11) is 3.15. The molecule has 0 unspecified atom stereocenters. The van der Waals surface area contributed by atoms with Gasteiger partial charge in [-0.25, -0.2) is 0 Å². The number of aromatic nitrogens is 2. The van der Waals surface area contributed by atoms with E-state index >= 15 is 0 Å². The molecular weight excluding hydrogens is 306 g/mol. The minimum Gasteiger partial charge on any atom is -0.497 e. The number of carbonyl (C=O) groups excluding carboxylic acids is 1. The second-order valence-corrected chi connectivity index (χ2v) is 5.33. The van der Waals surface area contributed by atoms with Gasteiger partial charge in [-0.05, 0) is 18.2 Å². The average Bonchev–Trinajstić information content (AvgIpc) is 2.99. The Labute approximate surface area is 132 Å². The lowest BCUT2D eigenvalue weighted by molar-refractivity contribution is -0.118. The molecule has 0 aliphatic heterocycles. The molecule has 0 saturated carbocycles. The summed E-state index contributed by atoms with van der Waals surface area (Å²) >= 11 is 1.43. The molecule has 8 heteroatoms. The van der Waals surface area contributed by atoms with E-state index in [4.69, 9.17) is 14.0 Å². The van der Waals surface area contributed by atoms with Crippen molar-refractivity contribution in [1.29, 1.82) is 0 Å². The molecule has 1 aromatic heterocycles. The first-order valence-corrected chi connectivity index (χ1v) is 7.53. The van der Waals surface area contributed by atoms with Crippen molar-refractivity contribution in [1.82, 2.24) is 15.5 Å². The van der Waals surface area contributed by atoms with Gasteiger partial charge in [-0.3, -0.25) is 4.79 Å². The van der Waals surface area contributed by atoms with Gasteiger partial charge in [-0.1, -0.05) is 11.2 Å². The van der Waals surface area contributed by atoms with Gasteiger partial charge in [0.1, 0.15) is 12.4 Å². The number of carbonyl (C=O) groups is 1. The number of amides is 1. The van der Waals surface area contributed by atoms with Crippen LogP contribution in [0.1, 0.15) is 11.7 Å². The molecular formula is C14H17N3O4S. The third-order valence-electron chi connectivity index (χ3n) is 2.63. The van der Waals surface area contributed by atoms with E-state index in [1.165, 1.54) is 11.8 Å². The first-order chi connectivity index (χ1) is 10.7. The summed E-state index contributed by atoms with van der Waals surface area (Å²) in [5.74, 6) is 1.77. The van der Waals surface area contributed by atoms with E-state index in [9.17, 15) is 4.79 Å². The van der Waals surface area contributed by atoms with Crippen LogP contribution in [-0.4, -0.2) is 36.0 Å². The molecule has 0 atom stereocenters. The van der Waals surface area contributed by atoms with Crippen molar-refractivity contribution in [2.75, 3.05) is 20.0 Å². The number of rotatable bonds is 8. The van der Waals surface area contributed by atoms with E-state index in [1.54, 1.807) is 14.2 Å². The van der Waals surface area contributed by atoms with E-state index in [-0.39, 0.29) is 19.1 Å². The molecule has 2 rings (SSSR count). The summed E-state index contributed by atoms with van der Waals surface area (Å²) in [4.78, 5) is 16.8. The predicted octanol–water partition coefficient (Wildman–Crippen LogP) is 1.63. The Hall–Kier alpha value is -2.06. The van der Waals surface area contributed by atoms with Gasteiger partial charge in [-0.2, -0.15) is 4.98 Å². The summed E-state index contributed by atoms with van der Waals surface area (Å²) in [5, 5.41) is 6.48. The van der Waals surface area contributed by atoms with E-state index in [0.717, 1.165) is 10.6 Å². The van der Waals surface area contributed by atoms with Crippen molar-refractivity contribution in [3.05, 3.63) is 36.0 Å². The summed E-state index contributed by atoms with van der Waals surface area (Å²) in [5.41, 5.74) is 0. The minimum absolute atomic E-state index is 0.106. The lowest BCUT2D eigenvalue weighted by Gasteiger charge is -2.04. The van der Waals surface area contributed by atoms with Crippen LogP contribution in [0.15, 0.2) is 33.7 Å². The number of hydrogen-bond donors (Lipinski definition) is 1. The zero-order valence-electron chi connectivity index (χ0n) is 12.4. The Kier molecular flexibility index (Phi) is 6.23. The van der Waals surface area contributed by atoms with Crippen LogP contribution in [0.5, 0.6) is 5.75 Å². The first kappa shape index (κ1) is 16.3. The number of hydrogen-bond acceptors (Lipinski definition) is 7. The number of ether oxygens (including phenoxy) is 2. The Morgan fingerprint density at radius 3 is 3.05 bits per heavy atom. The first-order valence-electron chi connectivity index (χ1n) is 6.55. The zero-order valence-corrected chi connectivity index (χ0v) is 13.2. The zero-order chi connectivity index (χ0) is 15.8. The molecule has 0 aliphatic carbocycles. The van der Waals surface area contributed by atoms with E-state index in [0.29, 0.717) is 17.5 Å². The second kappa shape index (κ2) is 8.40. The Morgan fingerprint density at radius 2 is 2.27 bits per heavy atom. The molecule has 118 valence electrons. The molecule has 2 aromatic rings. The van der Waals surface area contributed by atoms with Gasteiger partial charge in [0, 0.05) is 12.0 Å². The van der Waals surface area contributed by atoms with Gasteiger partial charge in [-0.15, -0.1) is 11.8 Å². The van der Waals surface area contributed by atoms with Gasteiger partial charge in [0.05, 0.1) is 19.4 Å². The monoisotopic (exact) mass is 323 g/mol. The summed E-state index contributed by atoms with van der Waals surface area (Å²) in [6.45, 7) is 0.483. The molecule has 1 N–H and O–H groups in total. The van der Waals surface area contributed by atoms with Crippen LogP contribution in [0, 0.1) is 0 Å². The SMILES string of the molecule is COCc1nc(CNC(=O)CSc2cccc(OC)c2)no1. The van der Waals surface area contributed by atoms with Crippen LogP contribution in [0.2, 0.25) is 0 Å². The Balaban J connectivity index is 1.75. The standard InChI is InChI=1S/C14H17N3O4S/c1-19-8-14-16-12(17-21-14)7-15-13(18)9-22-11-5-3-4-10(6-11)20-2/h3-6H,7-9H2,1-2H3,(H,15,18). The number of methoxy groups -OCH3 is 2. The van der Waals surface area contributed by atoms with Crippen molar-refractivity contribution in [3.63, 3.8) is 0 Å². The third-order valence-corrected chi connectivity index (χ3v) is 3.63. The van der Waals surface area contributed by atoms with Crippen molar-refractivity contribution in [2.45, 2.75) is 18.0 Å². The highest BCUT2D eigenvalue weighted by molar-refractivity contribution is 8.00. The minimum atomic E-state index is -0.106. The summed E-state index contributed by atoms with van der Waals surface area (Å²) in [6.07, 6.45) is 0. The molecule has 0 aliphatic rings. The van der Waals surface area contributed by atoms with Gasteiger partial charge < -0.3 is 19.3 Å². The predicted molar refractivity (Wildman–Crippen MR) is 80.6 cm³/mol. The molecule has 0 saturated heterocycles. The lowest BCUT2D eigenvalue weighted by Crippen LogP contribution is -2.25. The summed E-state index contributed by atoms with van der Waals surface area (Å²) < 4.78 is 14.9. The number of nitrogens with one attached hydrogen (secondary N) is 1. The van der Waals surface area contributed by atoms with Crippen molar-refractivity contribution < 1.29 is 18.8 Å². The fourth-order valence-corrected chi connectivity index (χ4v) is 2.39. The lowest BCUT2D eigenvalue weighted by atomic mass is 10.3. The molecule has 1 amide bonds. The van der Waals surface area contributed by atoms with Crippen LogP contribution >= 0.6 is 11.8 Å². The van der Waals surface area contributed by atoms with Crippen LogP contribution in [0.3, 0.4) is 0 Å². The van der Waals surface area contributed by atoms with Crippen molar-refractivity contribution >= 4 is 17.7 Å². The van der Waals surface area contributed by atoms with Gasteiger partial charge in [0.2, 0.25) is 5.91 Å². The molecule has 0 spiro atoms. The molecule has 1 heterocycles. The van der Waals surface area contributed by atoms with Crippen LogP contribution in [-0.2, 0) is 22.7 Å². The fraction of sp³-hybridized carbons (Fsp3) is 0.357. The van der Waals surface area contributed by atoms with E-state index in [1.807, 2.05) is 24.3 Å². The Bertz CT molecular complexity index is 618. The number of thioether (sulfide) groups is 1. The highest BCUT2D eigenvalue weighted by atomic mass is 32.2. The average molecular weight is 323 g/mol. The molecule has 0 radical (unpaired) electrons. The third kappa shape index (κ3) is 5.05. The molecule has 0 fully saturated rings. The van der Waals surface area contributed by atoms with Crippen LogP contribution < -0.4 is 10.1 Å². The van der Waals surface area contributed by atoms with Crippen molar-refractivity contribution in [2.24, 2.45) is 0 Å². The fourth-order valence-electron chi connectivity index (χ4n) is 1.61. The second-order valence-electron chi connectivity index (χ2n) is 4.28. The topological polar surface area (TPSA) is 86.5 Å². The maximum atomic E-state index is 11.8.